The molecule has 0 amide bonds. The maximum Gasteiger partial charge on any atom is 0.156 e. The van der Waals surface area contributed by atoms with Gasteiger partial charge in [-0.25, -0.2) is 0 Å². The number of benzene rings is 1. The molecule has 1 aliphatic carbocycles. The number of hydrogen-bond acceptors (Lipinski definition) is 4. The normalized spacial score (nSPS) is 20.4. The molecule has 2 heterocycles. The van der Waals surface area contributed by atoms with Crippen molar-refractivity contribution in [3.8, 4) is 0 Å². The Morgan fingerprint density at radius 2 is 1.82 bits per heavy atom. The summed E-state index contributed by atoms with van der Waals surface area (Å²) < 4.78 is 0. The monoisotopic (exact) mass is 296 g/mol. The molecule has 2 aromatic rings. The second-order valence-corrected chi connectivity index (χ2v) is 7.02. The minimum absolute atomic E-state index is 0.470. The van der Waals surface area contributed by atoms with E-state index in [9.17, 15) is 0 Å². The van der Waals surface area contributed by atoms with Crippen molar-refractivity contribution in [1.29, 1.82) is 0 Å². The number of likely N-dealkylation sites (tertiary alicyclic amines) is 1. The molecule has 1 N–H and O–H groups in total. The molecule has 1 aromatic carbocycles. The molecule has 0 bridgehead atoms. The van der Waals surface area contributed by atoms with Gasteiger partial charge in [-0.1, -0.05) is 24.3 Å². The predicted octanol–water partition coefficient (Wildman–Crippen LogP) is 3.23. The van der Waals surface area contributed by atoms with E-state index < -0.39 is 0 Å². The van der Waals surface area contributed by atoms with Gasteiger partial charge in [-0.05, 0) is 45.7 Å². The Labute approximate surface area is 131 Å². The lowest BCUT2D eigenvalue weighted by atomic mass is 10.1. The third kappa shape index (κ3) is 2.68. The lowest BCUT2D eigenvalue weighted by molar-refractivity contribution is 0.271. The molecule has 1 aromatic heterocycles. The Kier molecular flexibility index (Phi) is 3.49. The van der Waals surface area contributed by atoms with Crippen molar-refractivity contribution in [3.63, 3.8) is 0 Å². The number of nitrogens with zero attached hydrogens (tertiary/aromatic N) is 3. The Balaban J connectivity index is 1.49. The summed E-state index contributed by atoms with van der Waals surface area (Å²) in [4.78, 5) is 2.63. The van der Waals surface area contributed by atoms with Crippen LogP contribution in [0.25, 0.3) is 10.8 Å². The van der Waals surface area contributed by atoms with Crippen molar-refractivity contribution in [2.75, 3.05) is 31.5 Å². The second-order valence-electron chi connectivity index (χ2n) is 7.02. The van der Waals surface area contributed by atoms with Crippen LogP contribution in [0, 0.1) is 12.3 Å². The molecular weight excluding hydrogens is 272 g/mol. The summed E-state index contributed by atoms with van der Waals surface area (Å²) in [6, 6.07) is 8.41. The molecule has 1 saturated carbocycles. The molecule has 4 heteroatoms. The van der Waals surface area contributed by atoms with Crippen LogP contribution in [0.2, 0.25) is 0 Å². The first-order chi connectivity index (χ1) is 10.8. The topological polar surface area (TPSA) is 41.1 Å². The third-order valence-electron chi connectivity index (χ3n) is 5.22. The summed E-state index contributed by atoms with van der Waals surface area (Å²) in [5.74, 6) is 0.939. The highest BCUT2D eigenvalue weighted by atomic mass is 15.2. The van der Waals surface area contributed by atoms with Gasteiger partial charge in [0.05, 0.1) is 5.69 Å². The highest BCUT2D eigenvalue weighted by Crippen LogP contribution is 2.46. The van der Waals surface area contributed by atoms with Crippen LogP contribution in [-0.4, -0.2) is 41.3 Å². The van der Waals surface area contributed by atoms with Gasteiger partial charge in [-0.3, -0.25) is 0 Å². The highest BCUT2D eigenvalue weighted by Gasteiger charge is 2.44. The molecule has 1 aliphatic heterocycles. The molecule has 0 spiro atoms. The molecule has 1 saturated heterocycles. The van der Waals surface area contributed by atoms with Gasteiger partial charge in [0.15, 0.2) is 5.82 Å². The molecule has 2 fully saturated rings. The molecule has 0 radical (unpaired) electrons. The molecular formula is C18H24N4. The minimum atomic E-state index is 0.470. The average Bonchev–Trinajstić information content (AvgIpc) is 3.11. The Morgan fingerprint density at radius 1 is 1.09 bits per heavy atom. The van der Waals surface area contributed by atoms with E-state index in [4.69, 9.17) is 0 Å². The maximum atomic E-state index is 4.39. The number of rotatable bonds is 5. The van der Waals surface area contributed by atoms with E-state index in [1.807, 2.05) is 6.92 Å². The van der Waals surface area contributed by atoms with Crippen LogP contribution < -0.4 is 5.32 Å². The molecule has 116 valence electrons. The summed E-state index contributed by atoms with van der Waals surface area (Å²) in [6.07, 6.45) is 5.43. The van der Waals surface area contributed by atoms with Crippen LogP contribution in [0.15, 0.2) is 24.3 Å². The van der Waals surface area contributed by atoms with Crippen molar-refractivity contribution >= 4 is 16.6 Å². The lowest BCUT2D eigenvalue weighted by Crippen LogP contribution is -2.32. The maximum absolute atomic E-state index is 4.39. The quantitative estimate of drug-likeness (QED) is 0.920. The number of fused-ring (bicyclic) bond motifs is 1. The smallest absolute Gasteiger partial charge is 0.156 e. The summed E-state index contributed by atoms with van der Waals surface area (Å²) in [6.45, 7) is 6.86. The van der Waals surface area contributed by atoms with E-state index >= 15 is 0 Å². The Bertz CT molecular complexity index is 672. The zero-order valence-corrected chi connectivity index (χ0v) is 13.3. The van der Waals surface area contributed by atoms with Crippen molar-refractivity contribution in [1.82, 2.24) is 15.1 Å². The second kappa shape index (κ2) is 5.51. The van der Waals surface area contributed by atoms with Crippen LogP contribution in [0.5, 0.6) is 0 Å². The number of hydrogen-bond donors (Lipinski definition) is 1. The Morgan fingerprint density at radius 3 is 2.55 bits per heavy atom. The van der Waals surface area contributed by atoms with E-state index in [1.54, 1.807) is 0 Å². The van der Waals surface area contributed by atoms with Crippen LogP contribution in [0.3, 0.4) is 0 Å². The van der Waals surface area contributed by atoms with Crippen LogP contribution in [0.1, 0.15) is 31.4 Å². The number of nitrogens with one attached hydrogen (secondary N) is 1. The van der Waals surface area contributed by atoms with E-state index in [0.717, 1.165) is 18.1 Å². The largest absolute Gasteiger partial charge is 0.367 e. The zero-order valence-electron chi connectivity index (χ0n) is 13.3. The van der Waals surface area contributed by atoms with Gasteiger partial charge < -0.3 is 10.2 Å². The summed E-state index contributed by atoms with van der Waals surface area (Å²) in [7, 11) is 0. The minimum Gasteiger partial charge on any atom is -0.367 e. The van der Waals surface area contributed by atoms with E-state index in [-0.39, 0.29) is 0 Å². The fraction of sp³-hybridized carbons (Fsp3) is 0.556. The van der Waals surface area contributed by atoms with Crippen molar-refractivity contribution < 1.29 is 0 Å². The first-order valence-corrected chi connectivity index (χ1v) is 8.44. The first-order valence-electron chi connectivity index (χ1n) is 8.44. The number of aryl methyl sites for hydroxylation is 1. The molecule has 2 aliphatic rings. The van der Waals surface area contributed by atoms with Gasteiger partial charge in [-0.2, -0.15) is 5.10 Å². The fourth-order valence-electron chi connectivity index (χ4n) is 3.62. The van der Waals surface area contributed by atoms with Gasteiger partial charge in [0, 0.05) is 29.3 Å². The summed E-state index contributed by atoms with van der Waals surface area (Å²) in [5.41, 5.74) is 1.47. The third-order valence-corrected chi connectivity index (χ3v) is 5.22. The zero-order chi connectivity index (χ0) is 15.0. The van der Waals surface area contributed by atoms with Gasteiger partial charge in [0.1, 0.15) is 0 Å². The molecule has 0 atom stereocenters. The summed E-state index contributed by atoms with van der Waals surface area (Å²) >= 11 is 0. The Hall–Kier alpha value is -1.68. The van der Waals surface area contributed by atoms with Crippen molar-refractivity contribution in [3.05, 3.63) is 30.0 Å². The summed E-state index contributed by atoms with van der Waals surface area (Å²) in [5, 5.41) is 14.7. The van der Waals surface area contributed by atoms with Crippen molar-refractivity contribution in [2.45, 2.75) is 32.6 Å². The fourth-order valence-corrected chi connectivity index (χ4v) is 3.62. The predicted molar refractivity (Wildman–Crippen MR) is 90.1 cm³/mol. The molecule has 4 rings (SSSR count). The van der Waals surface area contributed by atoms with Gasteiger partial charge >= 0.3 is 0 Å². The lowest BCUT2D eigenvalue weighted by Gasteiger charge is -2.23. The van der Waals surface area contributed by atoms with Gasteiger partial charge in [0.2, 0.25) is 0 Å². The van der Waals surface area contributed by atoms with Crippen LogP contribution in [0.4, 0.5) is 5.82 Å². The van der Waals surface area contributed by atoms with Crippen molar-refractivity contribution in [2.24, 2.45) is 5.41 Å². The van der Waals surface area contributed by atoms with Crippen LogP contribution >= 0.6 is 0 Å². The molecule has 22 heavy (non-hydrogen) atoms. The van der Waals surface area contributed by atoms with Crippen LogP contribution in [-0.2, 0) is 0 Å². The van der Waals surface area contributed by atoms with Gasteiger partial charge in [0.25, 0.3) is 0 Å². The standard InChI is InChI=1S/C18H24N4/c1-14-15-6-2-3-7-16(15)17(21-20-14)19-12-18(8-9-18)13-22-10-4-5-11-22/h2-3,6-7H,4-5,8-13H2,1H3,(H,19,21). The number of anilines is 1. The highest BCUT2D eigenvalue weighted by molar-refractivity contribution is 5.92. The van der Waals surface area contributed by atoms with Gasteiger partial charge in [-0.15, -0.1) is 5.10 Å². The number of aromatic nitrogens is 2. The van der Waals surface area contributed by atoms with E-state index in [1.165, 1.54) is 56.1 Å². The average molecular weight is 296 g/mol. The first kappa shape index (κ1) is 13.9. The van der Waals surface area contributed by atoms with E-state index in [0.29, 0.717) is 5.41 Å². The van der Waals surface area contributed by atoms with E-state index in [2.05, 4.69) is 44.7 Å². The molecule has 0 unspecified atom stereocenters. The molecule has 4 nitrogen and oxygen atoms in total. The SMILES string of the molecule is Cc1nnc(NCC2(CN3CCCC3)CC2)c2ccccc12.